The number of rotatable bonds is 6. The third-order valence-corrected chi connectivity index (χ3v) is 5.04. The molecular formula is C17H22N4OS. The van der Waals surface area contributed by atoms with Gasteiger partial charge in [-0.1, -0.05) is 12.1 Å². The average molecular weight is 330 g/mol. The van der Waals surface area contributed by atoms with Gasteiger partial charge in [-0.3, -0.25) is 9.88 Å². The van der Waals surface area contributed by atoms with Crippen LogP contribution in [0.4, 0.5) is 4.79 Å². The summed E-state index contributed by atoms with van der Waals surface area (Å²) in [7, 11) is 0. The van der Waals surface area contributed by atoms with Gasteiger partial charge in [0.1, 0.15) is 0 Å². The van der Waals surface area contributed by atoms with Gasteiger partial charge < -0.3 is 10.6 Å². The van der Waals surface area contributed by atoms with Crippen LogP contribution in [-0.2, 0) is 6.54 Å². The van der Waals surface area contributed by atoms with Gasteiger partial charge in [-0.2, -0.15) is 0 Å². The minimum absolute atomic E-state index is 0.142. The first-order chi connectivity index (χ1) is 11.3. The second-order valence-corrected chi connectivity index (χ2v) is 6.64. The van der Waals surface area contributed by atoms with Gasteiger partial charge in [0.2, 0.25) is 0 Å². The maximum absolute atomic E-state index is 12.0. The minimum atomic E-state index is -0.142. The van der Waals surface area contributed by atoms with Gasteiger partial charge in [-0.25, -0.2) is 4.79 Å². The van der Waals surface area contributed by atoms with Crippen molar-refractivity contribution in [1.29, 1.82) is 0 Å². The van der Waals surface area contributed by atoms with Crippen LogP contribution >= 0.6 is 11.3 Å². The Balaban J connectivity index is 1.51. The maximum Gasteiger partial charge on any atom is 0.315 e. The molecule has 1 aliphatic rings. The molecule has 2 aromatic heterocycles. The fraction of sp³-hybridized carbons (Fsp3) is 0.412. The highest BCUT2D eigenvalue weighted by Gasteiger charge is 2.24. The summed E-state index contributed by atoms with van der Waals surface area (Å²) in [6.45, 7) is 3.30. The van der Waals surface area contributed by atoms with Crippen molar-refractivity contribution in [2.45, 2.75) is 25.4 Å². The number of aromatic nitrogens is 1. The zero-order chi connectivity index (χ0) is 15.9. The minimum Gasteiger partial charge on any atom is -0.336 e. The van der Waals surface area contributed by atoms with Crippen LogP contribution in [0.2, 0.25) is 0 Å². The van der Waals surface area contributed by atoms with Gasteiger partial charge in [0.25, 0.3) is 0 Å². The van der Waals surface area contributed by atoms with Crippen LogP contribution in [0.1, 0.15) is 29.5 Å². The van der Waals surface area contributed by atoms with E-state index >= 15 is 0 Å². The van der Waals surface area contributed by atoms with Crippen LogP contribution < -0.4 is 10.6 Å². The standard InChI is InChI=1S/C17H22N4OS/c22-17(19-12-14-6-1-2-8-18-14)20-13-15(16-7-5-11-23-16)21-9-3-4-10-21/h1-2,5-8,11,15H,3-4,9-10,12-13H2,(H2,19,20,22)/t15-/m1/s1. The van der Waals surface area contributed by atoms with E-state index in [1.807, 2.05) is 18.2 Å². The lowest BCUT2D eigenvalue weighted by Gasteiger charge is -2.26. The molecular weight excluding hydrogens is 308 g/mol. The smallest absolute Gasteiger partial charge is 0.315 e. The Kier molecular flexibility index (Phi) is 5.60. The molecule has 3 heterocycles. The normalized spacial score (nSPS) is 16.2. The molecule has 5 nitrogen and oxygen atoms in total. The summed E-state index contributed by atoms with van der Waals surface area (Å²) in [5.74, 6) is 0. The first kappa shape index (κ1) is 16.0. The van der Waals surface area contributed by atoms with Crippen molar-refractivity contribution in [3.8, 4) is 0 Å². The van der Waals surface area contributed by atoms with Crippen LogP contribution in [0.15, 0.2) is 41.9 Å². The fourth-order valence-corrected chi connectivity index (χ4v) is 3.73. The molecule has 1 fully saturated rings. The Morgan fingerprint density at radius 3 is 2.78 bits per heavy atom. The van der Waals surface area contributed by atoms with Gasteiger partial charge in [0.05, 0.1) is 18.3 Å². The van der Waals surface area contributed by atoms with E-state index in [2.05, 4.69) is 38.0 Å². The van der Waals surface area contributed by atoms with Crippen molar-refractivity contribution in [2.24, 2.45) is 0 Å². The molecule has 0 unspecified atom stereocenters. The summed E-state index contributed by atoms with van der Waals surface area (Å²) in [5.41, 5.74) is 0.858. The summed E-state index contributed by atoms with van der Waals surface area (Å²) in [5, 5.41) is 7.96. The number of likely N-dealkylation sites (tertiary alicyclic amines) is 1. The first-order valence-corrected chi connectivity index (χ1v) is 8.90. The van der Waals surface area contributed by atoms with Gasteiger partial charge >= 0.3 is 6.03 Å². The number of carbonyl (C=O) groups is 1. The predicted octanol–water partition coefficient (Wildman–Crippen LogP) is 2.78. The number of hydrogen-bond donors (Lipinski definition) is 2. The summed E-state index contributed by atoms with van der Waals surface area (Å²) in [6.07, 6.45) is 4.22. The summed E-state index contributed by atoms with van der Waals surface area (Å²) >= 11 is 1.76. The summed E-state index contributed by atoms with van der Waals surface area (Å²) in [4.78, 5) is 20.0. The highest BCUT2D eigenvalue weighted by Crippen LogP contribution is 2.27. The van der Waals surface area contributed by atoms with Crippen molar-refractivity contribution in [2.75, 3.05) is 19.6 Å². The summed E-state index contributed by atoms with van der Waals surface area (Å²) in [6, 6.07) is 10.0. The SMILES string of the molecule is O=C(NCc1ccccn1)NC[C@H](c1cccs1)N1CCCC1. The molecule has 2 N–H and O–H groups in total. The Morgan fingerprint density at radius 2 is 2.09 bits per heavy atom. The number of nitrogens with zero attached hydrogens (tertiary/aromatic N) is 2. The van der Waals surface area contributed by atoms with Crippen LogP contribution in [-0.4, -0.2) is 35.5 Å². The largest absolute Gasteiger partial charge is 0.336 e. The zero-order valence-corrected chi connectivity index (χ0v) is 13.9. The van der Waals surface area contributed by atoms with Crippen LogP contribution in [0.3, 0.4) is 0 Å². The molecule has 0 bridgehead atoms. The molecule has 122 valence electrons. The van der Waals surface area contributed by atoms with Gasteiger partial charge in [-0.15, -0.1) is 11.3 Å². The summed E-state index contributed by atoms with van der Waals surface area (Å²) < 4.78 is 0. The van der Waals surface area contributed by atoms with Crippen LogP contribution in [0.5, 0.6) is 0 Å². The molecule has 3 rings (SSSR count). The molecule has 0 saturated carbocycles. The number of thiophene rings is 1. The topological polar surface area (TPSA) is 57.3 Å². The molecule has 1 atom stereocenters. The molecule has 2 aromatic rings. The van der Waals surface area contributed by atoms with Crippen molar-refractivity contribution in [3.63, 3.8) is 0 Å². The number of nitrogens with one attached hydrogen (secondary N) is 2. The van der Waals surface area contributed by atoms with Crippen molar-refractivity contribution < 1.29 is 4.79 Å². The fourth-order valence-electron chi connectivity index (χ4n) is 2.87. The number of pyridine rings is 1. The molecule has 0 aliphatic carbocycles. The van der Waals surface area contributed by atoms with E-state index in [4.69, 9.17) is 0 Å². The molecule has 0 spiro atoms. The average Bonchev–Trinajstić information content (AvgIpc) is 3.28. The molecule has 1 aliphatic heterocycles. The van der Waals surface area contributed by atoms with Crippen molar-refractivity contribution in [3.05, 3.63) is 52.5 Å². The van der Waals surface area contributed by atoms with E-state index in [1.165, 1.54) is 17.7 Å². The Labute approximate surface area is 140 Å². The molecule has 6 heteroatoms. The quantitative estimate of drug-likeness (QED) is 0.856. The second-order valence-electron chi connectivity index (χ2n) is 5.66. The molecule has 0 radical (unpaired) electrons. The number of amides is 2. The van der Waals surface area contributed by atoms with Gasteiger partial charge in [-0.05, 0) is 49.5 Å². The third-order valence-electron chi connectivity index (χ3n) is 4.07. The predicted molar refractivity (Wildman–Crippen MR) is 92.3 cm³/mol. The highest BCUT2D eigenvalue weighted by molar-refractivity contribution is 7.10. The lowest BCUT2D eigenvalue weighted by Crippen LogP contribution is -2.41. The van der Waals surface area contributed by atoms with E-state index < -0.39 is 0 Å². The number of hydrogen-bond acceptors (Lipinski definition) is 4. The number of carbonyl (C=O) groups excluding carboxylic acids is 1. The lowest BCUT2D eigenvalue weighted by atomic mass is 10.2. The van der Waals surface area contributed by atoms with Crippen LogP contribution in [0, 0.1) is 0 Å². The molecule has 0 aromatic carbocycles. The zero-order valence-electron chi connectivity index (χ0n) is 13.1. The molecule has 1 saturated heterocycles. The van der Waals surface area contributed by atoms with E-state index in [1.54, 1.807) is 17.5 Å². The molecule has 2 amide bonds. The Morgan fingerprint density at radius 1 is 1.22 bits per heavy atom. The van der Waals surface area contributed by atoms with Crippen LogP contribution in [0.25, 0.3) is 0 Å². The Hall–Kier alpha value is -1.92. The van der Waals surface area contributed by atoms with Gasteiger partial charge in [0, 0.05) is 17.6 Å². The third kappa shape index (κ3) is 4.53. The van der Waals surface area contributed by atoms with E-state index in [-0.39, 0.29) is 12.1 Å². The van der Waals surface area contributed by atoms with E-state index in [0.29, 0.717) is 13.1 Å². The number of urea groups is 1. The first-order valence-electron chi connectivity index (χ1n) is 8.02. The lowest BCUT2D eigenvalue weighted by molar-refractivity contribution is 0.222. The maximum atomic E-state index is 12.0. The highest BCUT2D eigenvalue weighted by atomic mass is 32.1. The molecule has 23 heavy (non-hydrogen) atoms. The monoisotopic (exact) mass is 330 g/mol. The van der Waals surface area contributed by atoms with E-state index in [9.17, 15) is 4.79 Å². The van der Waals surface area contributed by atoms with E-state index in [0.717, 1.165) is 18.8 Å². The van der Waals surface area contributed by atoms with Crippen molar-refractivity contribution >= 4 is 17.4 Å². The van der Waals surface area contributed by atoms with Gasteiger partial charge in [0.15, 0.2) is 0 Å². The van der Waals surface area contributed by atoms with Crippen molar-refractivity contribution in [1.82, 2.24) is 20.5 Å². The Bertz CT molecular complexity index is 596. The second kappa shape index (κ2) is 8.08.